The lowest BCUT2D eigenvalue weighted by Crippen LogP contribution is -2.37. The number of nitrogens with zero attached hydrogens (tertiary/aromatic N) is 4. The van der Waals surface area contributed by atoms with Crippen LogP contribution in [0.1, 0.15) is 47.8 Å². The Morgan fingerprint density at radius 3 is 2.28 bits per heavy atom. The summed E-state index contributed by atoms with van der Waals surface area (Å²) >= 11 is 0. The molecule has 5 rings (SSSR count). The first kappa shape index (κ1) is 26.5. The summed E-state index contributed by atoms with van der Waals surface area (Å²) in [5, 5.41) is 10.1. The van der Waals surface area contributed by atoms with Crippen LogP contribution in [0.25, 0.3) is 0 Å². The van der Waals surface area contributed by atoms with E-state index in [0.29, 0.717) is 6.54 Å². The lowest BCUT2D eigenvalue weighted by atomic mass is 10.0. The normalized spacial score (nSPS) is 17.9. The Morgan fingerprint density at radius 1 is 1.00 bits per heavy atom. The highest BCUT2D eigenvalue weighted by Gasteiger charge is 2.39. The van der Waals surface area contributed by atoms with Gasteiger partial charge in [-0.1, -0.05) is 36.1 Å². The molecule has 0 aliphatic carbocycles. The van der Waals surface area contributed by atoms with Crippen molar-refractivity contribution in [3.8, 4) is 17.6 Å². The van der Waals surface area contributed by atoms with Crippen LogP contribution in [0.4, 0.5) is 4.79 Å². The molecule has 202 valence electrons. The van der Waals surface area contributed by atoms with Gasteiger partial charge in [-0.05, 0) is 49.2 Å². The van der Waals surface area contributed by atoms with Gasteiger partial charge in [-0.25, -0.2) is 9.78 Å². The molecule has 3 heterocycles. The van der Waals surface area contributed by atoms with Crippen LogP contribution in [0.15, 0.2) is 59.7 Å². The molecule has 2 aliphatic rings. The number of aromatic amines is 1. The number of hydrogen-bond acceptors (Lipinski definition) is 6. The molecule has 9 heteroatoms. The highest BCUT2D eigenvalue weighted by atomic mass is 16.5. The zero-order valence-corrected chi connectivity index (χ0v) is 22.3. The topological polar surface area (TPSA) is 102 Å². The van der Waals surface area contributed by atoms with E-state index in [2.05, 4.69) is 51.0 Å². The second-order valence-electron chi connectivity index (χ2n) is 10.2. The molecule has 1 aromatic heterocycles. The molecule has 1 unspecified atom stereocenters. The van der Waals surface area contributed by atoms with E-state index in [-0.39, 0.29) is 30.4 Å². The summed E-state index contributed by atoms with van der Waals surface area (Å²) in [6.07, 6.45) is 1.23. The third kappa shape index (κ3) is 6.14. The summed E-state index contributed by atoms with van der Waals surface area (Å²) in [6.45, 7) is 8.89. The Hall–Kier alpha value is -4.13. The first-order valence-electron chi connectivity index (χ1n) is 13.2. The quantitative estimate of drug-likeness (QED) is 0.478. The van der Waals surface area contributed by atoms with Crippen molar-refractivity contribution >= 4 is 6.03 Å². The summed E-state index contributed by atoms with van der Waals surface area (Å²) in [6, 6.07) is 16.0. The summed E-state index contributed by atoms with van der Waals surface area (Å²) in [7, 11) is 0. The summed E-state index contributed by atoms with van der Waals surface area (Å²) in [4.78, 5) is 37.2. The average molecular weight is 528 g/mol. The van der Waals surface area contributed by atoms with E-state index in [4.69, 9.17) is 4.74 Å². The van der Waals surface area contributed by atoms with E-state index in [1.807, 2.05) is 43.0 Å². The Kier molecular flexibility index (Phi) is 7.96. The Balaban J connectivity index is 1.26. The minimum atomic E-state index is -0.621. The number of H-pyrrole nitrogens is 1. The van der Waals surface area contributed by atoms with Crippen LogP contribution >= 0.6 is 0 Å². The van der Waals surface area contributed by atoms with Crippen LogP contribution in [0.2, 0.25) is 0 Å². The molecule has 2 saturated heterocycles. The maximum absolute atomic E-state index is 13.2. The van der Waals surface area contributed by atoms with Gasteiger partial charge in [0.15, 0.2) is 0 Å². The smallest absolute Gasteiger partial charge is 0.321 e. The number of rotatable bonds is 6. The van der Waals surface area contributed by atoms with E-state index < -0.39 is 11.3 Å². The minimum absolute atomic E-state index is 0.0288. The number of nitrogens with one attached hydrogen (secondary N) is 1. The van der Waals surface area contributed by atoms with Crippen LogP contribution in [0.3, 0.4) is 0 Å². The number of amides is 2. The Labute approximate surface area is 228 Å². The van der Waals surface area contributed by atoms with Crippen molar-refractivity contribution in [3.05, 3.63) is 93.2 Å². The number of hydrogen-bond donors (Lipinski definition) is 2. The van der Waals surface area contributed by atoms with Gasteiger partial charge in [-0.2, -0.15) is 0 Å². The predicted octanol–water partition coefficient (Wildman–Crippen LogP) is 3.09. The molecule has 2 amide bonds. The third-order valence-corrected chi connectivity index (χ3v) is 7.13. The molecule has 1 atom stereocenters. The van der Waals surface area contributed by atoms with Gasteiger partial charge in [0.2, 0.25) is 5.75 Å². The van der Waals surface area contributed by atoms with Gasteiger partial charge in [0.25, 0.3) is 5.56 Å². The molecule has 2 fully saturated rings. The van der Waals surface area contributed by atoms with Crippen LogP contribution in [-0.4, -0.2) is 74.7 Å². The van der Waals surface area contributed by atoms with Crippen molar-refractivity contribution < 1.29 is 14.6 Å². The van der Waals surface area contributed by atoms with Crippen molar-refractivity contribution in [3.63, 3.8) is 0 Å². The standard InChI is InChI=1S/C30H33N5O4/c1-21(2)35-27(19-34(30(35)38)18-26-28(36)29(37)32-20-31-26)25-11-9-23(10-12-25)4-3-22-5-7-24(8-6-22)17-33-13-15-39-16-14-33/h5-12,20-21,27,36H,13-19H2,1-2H3,(H,31,32,37). The van der Waals surface area contributed by atoms with Gasteiger partial charge >= 0.3 is 6.03 Å². The predicted molar refractivity (Wildman–Crippen MR) is 147 cm³/mol. The van der Waals surface area contributed by atoms with Crippen molar-refractivity contribution in [1.82, 2.24) is 24.7 Å². The van der Waals surface area contributed by atoms with E-state index in [1.165, 1.54) is 11.9 Å². The van der Waals surface area contributed by atoms with Gasteiger partial charge in [0, 0.05) is 43.3 Å². The largest absolute Gasteiger partial charge is 0.502 e. The lowest BCUT2D eigenvalue weighted by Gasteiger charge is -2.27. The van der Waals surface area contributed by atoms with Crippen molar-refractivity contribution in [1.29, 1.82) is 0 Å². The second kappa shape index (κ2) is 11.7. The number of aromatic hydroxyl groups is 1. The fourth-order valence-corrected chi connectivity index (χ4v) is 5.02. The van der Waals surface area contributed by atoms with Crippen LogP contribution in [-0.2, 0) is 17.8 Å². The molecule has 2 N–H and O–H groups in total. The number of benzene rings is 2. The maximum Gasteiger partial charge on any atom is 0.321 e. The number of ether oxygens (including phenoxy) is 1. The molecule has 2 aliphatic heterocycles. The highest BCUT2D eigenvalue weighted by molar-refractivity contribution is 5.78. The molecule has 0 radical (unpaired) electrons. The maximum atomic E-state index is 13.2. The number of morpholine rings is 1. The number of aromatic nitrogens is 2. The molecule has 0 saturated carbocycles. The van der Waals surface area contributed by atoms with Gasteiger partial charge < -0.3 is 24.6 Å². The minimum Gasteiger partial charge on any atom is -0.502 e. The van der Waals surface area contributed by atoms with Gasteiger partial charge in [-0.15, -0.1) is 0 Å². The monoisotopic (exact) mass is 527 g/mol. The molecule has 39 heavy (non-hydrogen) atoms. The molecule has 0 bridgehead atoms. The van der Waals surface area contributed by atoms with Crippen molar-refractivity contribution in [2.75, 3.05) is 32.8 Å². The first-order valence-corrected chi connectivity index (χ1v) is 13.2. The third-order valence-electron chi connectivity index (χ3n) is 7.13. The second-order valence-corrected chi connectivity index (χ2v) is 10.2. The molecule has 0 spiro atoms. The van der Waals surface area contributed by atoms with E-state index in [1.54, 1.807) is 4.90 Å². The number of carbonyl (C=O) groups is 1. The van der Waals surface area contributed by atoms with E-state index in [0.717, 1.165) is 49.5 Å². The Morgan fingerprint density at radius 2 is 1.64 bits per heavy atom. The van der Waals surface area contributed by atoms with Crippen LogP contribution in [0.5, 0.6) is 5.75 Å². The molecule has 2 aromatic carbocycles. The SMILES string of the molecule is CC(C)N1C(=O)N(Cc2nc[nH]c(=O)c2O)CC1c1ccc(C#Cc2ccc(CN3CCOCC3)cc2)cc1. The molecule has 9 nitrogen and oxygen atoms in total. The highest BCUT2D eigenvalue weighted by Crippen LogP contribution is 2.33. The van der Waals surface area contributed by atoms with Gasteiger partial charge in [-0.3, -0.25) is 9.69 Å². The van der Waals surface area contributed by atoms with Crippen LogP contribution in [0, 0.1) is 11.8 Å². The average Bonchev–Trinajstić information content (AvgIpc) is 3.27. The van der Waals surface area contributed by atoms with Gasteiger partial charge in [0.1, 0.15) is 5.69 Å². The summed E-state index contributed by atoms with van der Waals surface area (Å²) in [5.41, 5.74) is 3.68. The molecular formula is C30H33N5O4. The summed E-state index contributed by atoms with van der Waals surface area (Å²) in [5.74, 6) is 6.02. The van der Waals surface area contributed by atoms with E-state index >= 15 is 0 Å². The lowest BCUT2D eigenvalue weighted by molar-refractivity contribution is 0.0342. The zero-order valence-electron chi connectivity index (χ0n) is 22.3. The van der Waals surface area contributed by atoms with Gasteiger partial charge in [0.05, 0.1) is 32.1 Å². The fourth-order valence-electron chi connectivity index (χ4n) is 5.02. The first-order chi connectivity index (χ1) is 18.9. The zero-order chi connectivity index (χ0) is 27.4. The van der Waals surface area contributed by atoms with Crippen molar-refractivity contribution in [2.45, 2.75) is 39.0 Å². The van der Waals surface area contributed by atoms with Crippen LogP contribution < -0.4 is 5.56 Å². The molecule has 3 aromatic rings. The van der Waals surface area contributed by atoms with Crippen molar-refractivity contribution in [2.24, 2.45) is 0 Å². The van der Waals surface area contributed by atoms with E-state index in [9.17, 15) is 14.7 Å². The number of urea groups is 1. The summed E-state index contributed by atoms with van der Waals surface area (Å²) < 4.78 is 5.42. The molecular weight excluding hydrogens is 494 g/mol. The Bertz CT molecular complexity index is 1420. The number of carbonyl (C=O) groups excluding carboxylic acids is 1. The fraction of sp³-hybridized carbons (Fsp3) is 0.367.